The van der Waals surface area contributed by atoms with E-state index in [-0.39, 0.29) is 23.4 Å². The van der Waals surface area contributed by atoms with Gasteiger partial charge in [-0.05, 0) is 13.8 Å². The number of urea groups is 1. The number of hydrogen-bond acceptors (Lipinski definition) is 4. The Morgan fingerprint density at radius 1 is 1.27 bits per heavy atom. The number of aryl methyl sites for hydroxylation is 1. The van der Waals surface area contributed by atoms with Crippen LogP contribution in [0, 0.1) is 5.41 Å². The lowest BCUT2D eigenvalue weighted by molar-refractivity contribution is -0.126. The summed E-state index contributed by atoms with van der Waals surface area (Å²) in [5.74, 6) is 0.164. The molecule has 1 spiro atoms. The SMILES string of the molecule is CC(C)NC(=O)N1CCN(Cc2cnn(C)c2)C[C@@]2(CC(=O)N(C)C2)C1. The van der Waals surface area contributed by atoms with Crippen LogP contribution in [0.1, 0.15) is 25.8 Å². The van der Waals surface area contributed by atoms with E-state index in [1.165, 1.54) is 0 Å². The first-order valence-corrected chi connectivity index (χ1v) is 9.26. The number of rotatable bonds is 3. The first-order chi connectivity index (χ1) is 12.3. The van der Waals surface area contributed by atoms with Crippen LogP contribution in [-0.2, 0) is 18.4 Å². The number of nitrogens with zero attached hydrogens (tertiary/aromatic N) is 5. The summed E-state index contributed by atoms with van der Waals surface area (Å²) in [6, 6.07) is 0.0608. The summed E-state index contributed by atoms with van der Waals surface area (Å²) in [4.78, 5) is 30.9. The molecule has 0 aliphatic carbocycles. The Labute approximate surface area is 155 Å². The van der Waals surface area contributed by atoms with Crippen molar-refractivity contribution in [3.8, 4) is 0 Å². The first-order valence-electron chi connectivity index (χ1n) is 9.26. The van der Waals surface area contributed by atoms with Gasteiger partial charge in [-0.3, -0.25) is 14.4 Å². The molecule has 8 nitrogen and oxygen atoms in total. The molecular formula is C18H30N6O2. The van der Waals surface area contributed by atoms with Crippen molar-refractivity contribution in [2.24, 2.45) is 12.5 Å². The molecule has 3 rings (SSSR count). The van der Waals surface area contributed by atoms with Gasteiger partial charge < -0.3 is 15.1 Å². The predicted molar refractivity (Wildman–Crippen MR) is 98.4 cm³/mol. The predicted octanol–water partition coefficient (Wildman–Crippen LogP) is 0.504. The van der Waals surface area contributed by atoms with Crippen LogP contribution in [0.2, 0.25) is 0 Å². The van der Waals surface area contributed by atoms with Gasteiger partial charge in [0.1, 0.15) is 0 Å². The molecule has 0 unspecified atom stereocenters. The Morgan fingerprint density at radius 2 is 2.04 bits per heavy atom. The van der Waals surface area contributed by atoms with E-state index < -0.39 is 0 Å². The van der Waals surface area contributed by atoms with Crippen LogP contribution in [0.15, 0.2) is 12.4 Å². The molecule has 1 aromatic rings. The topological polar surface area (TPSA) is 73.7 Å². The fraction of sp³-hybridized carbons (Fsp3) is 0.722. The highest BCUT2D eigenvalue weighted by atomic mass is 16.2. The van der Waals surface area contributed by atoms with Crippen LogP contribution in [-0.4, -0.2) is 82.2 Å². The van der Waals surface area contributed by atoms with E-state index in [2.05, 4.69) is 15.3 Å². The van der Waals surface area contributed by atoms with Crippen molar-refractivity contribution in [3.63, 3.8) is 0 Å². The summed E-state index contributed by atoms with van der Waals surface area (Å²) in [6.07, 6.45) is 4.40. The maximum atomic E-state index is 12.6. The number of nitrogens with one attached hydrogen (secondary N) is 1. The van der Waals surface area contributed by atoms with Crippen LogP contribution >= 0.6 is 0 Å². The quantitative estimate of drug-likeness (QED) is 0.850. The average molecular weight is 362 g/mol. The Kier molecular flexibility index (Phi) is 5.22. The van der Waals surface area contributed by atoms with Gasteiger partial charge in [-0.15, -0.1) is 0 Å². The summed E-state index contributed by atoms with van der Waals surface area (Å²) < 4.78 is 1.80. The fourth-order valence-corrected chi connectivity index (χ4v) is 4.12. The van der Waals surface area contributed by atoms with Crippen molar-refractivity contribution in [3.05, 3.63) is 18.0 Å². The van der Waals surface area contributed by atoms with Crippen molar-refractivity contribution >= 4 is 11.9 Å². The zero-order chi connectivity index (χ0) is 18.9. The molecule has 26 heavy (non-hydrogen) atoms. The number of amides is 3. The molecule has 2 aliphatic heterocycles. The Balaban J connectivity index is 1.78. The molecule has 0 radical (unpaired) electrons. The number of aromatic nitrogens is 2. The maximum Gasteiger partial charge on any atom is 0.317 e. The molecule has 3 amide bonds. The van der Waals surface area contributed by atoms with Gasteiger partial charge in [-0.1, -0.05) is 0 Å². The molecule has 144 valence electrons. The first kappa shape index (κ1) is 18.7. The van der Waals surface area contributed by atoms with E-state index in [1.807, 2.05) is 45.2 Å². The summed E-state index contributed by atoms with van der Waals surface area (Å²) in [5.41, 5.74) is 0.944. The van der Waals surface area contributed by atoms with E-state index in [1.54, 1.807) is 9.58 Å². The zero-order valence-corrected chi connectivity index (χ0v) is 16.2. The minimum absolute atomic E-state index is 0.0374. The molecule has 0 bridgehead atoms. The lowest BCUT2D eigenvalue weighted by atomic mass is 9.86. The fourth-order valence-electron chi connectivity index (χ4n) is 4.12. The van der Waals surface area contributed by atoms with Gasteiger partial charge in [0.2, 0.25) is 5.91 Å². The lowest BCUT2D eigenvalue weighted by Crippen LogP contribution is -2.48. The molecule has 3 heterocycles. The average Bonchev–Trinajstić information content (AvgIpc) is 2.99. The lowest BCUT2D eigenvalue weighted by Gasteiger charge is -2.33. The summed E-state index contributed by atoms with van der Waals surface area (Å²) >= 11 is 0. The zero-order valence-electron chi connectivity index (χ0n) is 16.2. The van der Waals surface area contributed by atoms with E-state index >= 15 is 0 Å². The van der Waals surface area contributed by atoms with Crippen LogP contribution in [0.3, 0.4) is 0 Å². The van der Waals surface area contributed by atoms with Crippen LogP contribution in [0.4, 0.5) is 4.79 Å². The highest BCUT2D eigenvalue weighted by Crippen LogP contribution is 2.34. The molecule has 0 saturated carbocycles. The second-order valence-corrected chi connectivity index (χ2v) is 8.19. The Morgan fingerprint density at radius 3 is 2.62 bits per heavy atom. The Bertz CT molecular complexity index is 672. The highest BCUT2D eigenvalue weighted by Gasteiger charge is 2.46. The molecular weight excluding hydrogens is 332 g/mol. The monoisotopic (exact) mass is 362 g/mol. The summed E-state index contributed by atoms with van der Waals surface area (Å²) in [6.45, 7) is 8.29. The van der Waals surface area contributed by atoms with Crippen LogP contribution in [0.5, 0.6) is 0 Å². The maximum absolute atomic E-state index is 12.6. The molecule has 1 aromatic heterocycles. The third-order valence-electron chi connectivity index (χ3n) is 5.16. The van der Waals surface area contributed by atoms with Gasteiger partial charge >= 0.3 is 6.03 Å². The Hall–Kier alpha value is -2.09. The molecule has 8 heteroatoms. The number of carbonyl (C=O) groups excluding carboxylic acids is 2. The van der Waals surface area contributed by atoms with Gasteiger partial charge in [0.25, 0.3) is 0 Å². The minimum Gasteiger partial charge on any atom is -0.345 e. The molecule has 1 atom stereocenters. The standard InChI is InChI=1S/C18H30N6O2/c1-14(2)20-17(26)24-6-5-23(10-15-8-19-22(4)9-15)12-18(13-24)7-16(25)21(3)11-18/h8-9,14H,5-7,10-13H2,1-4H3,(H,20,26)/t18-/m0/s1. The van der Waals surface area contributed by atoms with Crippen LogP contribution in [0.25, 0.3) is 0 Å². The van der Waals surface area contributed by atoms with Gasteiger partial charge in [0, 0.05) is 83.0 Å². The van der Waals surface area contributed by atoms with Crippen molar-refractivity contribution in [2.45, 2.75) is 32.9 Å². The number of hydrogen-bond donors (Lipinski definition) is 1. The number of likely N-dealkylation sites (tertiary alicyclic amines) is 1. The molecule has 0 aromatic carbocycles. The molecule has 2 aliphatic rings. The highest BCUT2D eigenvalue weighted by molar-refractivity contribution is 5.80. The van der Waals surface area contributed by atoms with Crippen LogP contribution < -0.4 is 5.32 Å². The summed E-state index contributed by atoms with van der Waals surface area (Å²) in [7, 11) is 3.77. The molecule has 2 fully saturated rings. The van der Waals surface area contributed by atoms with Gasteiger partial charge in [-0.25, -0.2) is 4.79 Å². The van der Waals surface area contributed by atoms with Crippen molar-refractivity contribution in [1.29, 1.82) is 0 Å². The third-order valence-corrected chi connectivity index (χ3v) is 5.16. The van der Waals surface area contributed by atoms with E-state index in [9.17, 15) is 9.59 Å². The van der Waals surface area contributed by atoms with Gasteiger partial charge in [-0.2, -0.15) is 5.10 Å². The van der Waals surface area contributed by atoms with E-state index in [0.29, 0.717) is 26.1 Å². The van der Waals surface area contributed by atoms with Gasteiger partial charge in [0.05, 0.1) is 6.20 Å². The van der Waals surface area contributed by atoms with E-state index in [0.717, 1.165) is 25.2 Å². The normalized spacial score (nSPS) is 24.6. The van der Waals surface area contributed by atoms with Crippen molar-refractivity contribution < 1.29 is 9.59 Å². The third kappa shape index (κ3) is 4.17. The smallest absolute Gasteiger partial charge is 0.317 e. The second-order valence-electron chi connectivity index (χ2n) is 8.19. The minimum atomic E-state index is -0.209. The second kappa shape index (κ2) is 7.26. The molecule has 2 saturated heterocycles. The van der Waals surface area contributed by atoms with Crippen molar-refractivity contribution in [2.75, 3.05) is 39.8 Å². The summed E-state index contributed by atoms with van der Waals surface area (Å²) in [5, 5.41) is 7.24. The largest absolute Gasteiger partial charge is 0.345 e. The number of carbonyl (C=O) groups is 2. The van der Waals surface area contributed by atoms with E-state index in [4.69, 9.17) is 0 Å². The molecule has 1 N–H and O–H groups in total. The van der Waals surface area contributed by atoms with Crippen molar-refractivity contribution in [1.82, 2.24) is 29.8 Å². The van der Waals surface area contributed by atoms with Gasteiger partial charge in [0.15, 0.2) is 0 Å².